The van der Waals surface area contributed by atoms with Crippen molar-refractivity contribution in [2.45, 2.75) is 19.4 Å². The number of hydrogen-bond acceptors (Lipinski definition) is 11. The number of carboxylic acid groups (broad SMARTS) is 1. The van der Waals surface area contributed by atoms with E-state index in [9.17, 15) is 9.90 Å². The fourth-order valence-corrected chi connectivity index (χ4v) is 1.41. The summed E-state index contributed by atoms with van der Waals surface area (Å²) in [7, 11) is 0. The molecule has 0 aliphatic carbocycles. The van der Waals surface area contributed by atoms with Crippen LogP contribution in [0.25, 0.3) is 0 Å². The summed E-state index contributed by atoms with van der Waals surface area (Å²) < 4.78 is 8.77. The number of carboxylic acids is 1. The number of anilines is 3. The van der Waals surface area contributed by atoms with Gasteiger partial charge in [-0.2, -0.15) is 0 Å². The van der Waals surface area contributed by atoms with Gasteiger partial charge in [-0.25, -0.2) is 19.1 Å². The van der Waals surface area contributed by atoms with E-state index in [0.29, 0.717) is 0 Å². The van der Waals surface area contributed by atoms with E-state index in [1.54, 1.807) is 6.92 Å². The molecule has 2 heterocycles. The van der Waals surface area contributed by atoms with E-state index in [1.807, 2.05) is 0 Å². The van der Waals surface area contributed by atoms with E-state index >= 15 is 0 Å². The first kappa shape index (κ1) is 14.2. The Labute approximate surface area is 116 Å². The number of aromatic nitrogens is 4. The monoisotopic (exact) mass is 297 g/mol. The van der Waals surface area contributed by atoms with Crippen LogP contribution in [0.2, 0.25) is 0 Å². The Bertz CT molecular complexity index is 650. The van der Waals surface area contributed by atoms with Crippen molar-refractivity contribution in [1.82, 2.24) is 20.6 Å². The van der Waals surface area contributed by atoms with Crippen LogP contribution in [0.3, 0.4) is 0 Å². The number of carbonyl (C=O) groups is 1. The maximum Gasteiger partial charge on any atom is 0.328 e. The van der Waals surface area contributed by atoms with Gasteiger partial charge in [0.05, 0.1) is 0 Å². The third-order valence-corrected chi connectivity index (χ3v) is 2.41. The average Bonchev–Trinajstić information content (AvgIpc) is 3.03. The second kappa shape index (κ2) is 5.81. The molecule has 2 aromatic rings. The molecule has 2 rings (SSSR count). The van der Waals surface area contributed by atoms with Gasteiger partial charge in [-0.15, -0.1) is 5.11 Å². The second-order valence-electron chi connectivity index (χ2n) is 3.74. The largest absolute Gasteiger partial charge is 0.480 e. The zero-order valence-corrected chi connectivity index (χ0v) is 10.7. The number of nitrogen functional groups attached to an aromatic ring is 2. The van der Waals surface area contributed by atoms with E-state index in [-0.39, 0.29) is 29.7 Å². The van der Waals surface area contributed by atoms with Crippen LogP contribution in [0.15, 0.2) is 19.6 Å². The number of aliphatic carboxylic acids is 1. The van der Waals surface area contributed by atoms with Crippen LogP contribution in [-0.2, 0) is 4.79 Å². The van der Waals surface area contributed by atoms with Crippen LogP contribution >= 0.6 is 0 Å². The summed E-state index contributed by atoms with van der Waals surface area (Å²) in [5.74, 6) is -1.61. The van der Waals surface area contributed by atoms with Crippen molar-refractivity contribution in [2.24, 2.45) is 10.3 Å². The van der Waals surface area contributed by atoms with Crippen LogP contribution < -0.4 is 16.5 Å². The van der Waals surface area contributed by atoms with Crippen molar-refractivity contribution in [3.63, 3.8) is 0 Å². The third-order valence-electron chi connectivity index (χ3n) is 2.41. The highest BCUT2D eigenvalue weighted by molar-refractivity contribution is 5.78. The van der Waals surface area contributed by atoms with Crippen LogP contribution in [0.5, 0.6) is 0 Å². The lowest BCUT2D eigenvalue weighted by Crippen LogP contribution is -2.37. The highest BCUT2D eigenvalue weighted by atomic mass is 16.6. The number of nitrogens with zero attached hydrogens (tertiary/aromatic N) is 7. The Kier molecular flexibility index (Phi) is 3.92. The van der Waals surface area contributed by atoms with Gasteiger partial charge in [-0.05, 0) is 27.0 Å². The Morgan fingerprint density at radius 2 is 1.95 bits per heavy atom. The molecular formula is C8H11N9O4. The quantitative estimate of drug-likeness (QED) is 0.478. The lowest BCUT2D eigenvalue weighted by atomic mass is 10.2. The standard InChI is InChI=1S/C8H11N9O4/c1-2-3(8(18)19)17(7-5(10)13-21-15-7)16-11-6-4(9)12-20-14-6/h3H,2H2,1H3,(H2,9,12)(H2,10,13)(H,18,19). The Morgan fingerprint density at radius 3 is 2.43 bits per heavy atom. The molecule has 0 amide bonds. The van der Waals surface area contributed by atoms with E-state index in [2.05, 4.69) is 40.2 Å². The molecule has 13 nitrogen and oxygen atoms in total. The molecule has 1 unspecified atom stereocenters. The van der Waals surface area contributed by atoms with Gasteiger partial charge in [0.1, 0.15) is 0 Å². The number of rotatable bonds is 6. The molecule has 2 aromatic heterocycles. The van der Waals surface area contributed by atoms with E-state index in [4.69, 9.17) is 11.5 Å². The van der Waals surface area contributed by atoms with Gasteiger partial charge in [-0.3, -0.25) is 0 Å². The van der Waals surface area contributed by atoms with E-state index in [0.717, 1.165) is 5.01 Å². The summed E-state index contributed by atoms with van der Waals surface area (Å²) >= 11 is 0. The van der Waals surface area contributed by atoms with Crippen molar-refractivity contribution in [3.05, 3.63) is 0 Å². The van der Waals surface area contributed by atoms with E-state index < -0.39 is 12.0 Å². The summed E-state index contributed by atoms with van der Waals surface area (Å²) in [6.45, 7) is 1.64. The smallest absolute Gasteiger partial charge is 0.328 e. The number of nitrogens with two attached hydrogens (primary N) is 2. The second-order valence-corrected chi connectivity index (χ2v) is 3.74. The summed E-state index contributed by atoms with van der Waals surface area (Å²) in [6, 6.07) is -1.09. The molecule has 5 N–H and O–H groups in total. The molecule has 0 aliphatic heterocycles. The maximum atomic E-state index is 11.3. The van der Waals surface area contributed by atoms with Gasteiger partial charge in [-0.1, -0.05) is 12.1 Å². The normalized spacial score (nSPS) is 12.6. The van der Waals surface area contributed by atoms with Crippen molar-refractivity contribution in [1.29, 1.82) is 0 Å². The third kappa shape index (κ3) is 2.85. The van der Waals surface area contributed by atoms with Gasteiger partial charge in [0.15, 0.2) is 6.04 Å². The Morgan fingerprint density at radius 1 is 1.29 bits per heavy atom. The molecule has 0 radical (unpaired) electrons. The minimum atomic E-state index is -1.16. The zero-order chi connectivity index (χ0) is 15.4. The first-order valence-corrected chi connectivity index (χ1v) is 5.64. The van der Waals surface area contributed by atoms with Gasteiger partial charge in [0.2, 0.25) is 17.5 Å². The summed E-state index contributed by atoms with van der Waals surface area (Å²) in [4.78, 5) is 11.3. The summed E-state index contributed by atoms with van der Waals surface area (Å²) in [5.41, 5.74) is 11.0. The predicted molar refractivity (Wildman–Crippen MR) is 66.1 cm³/mol. The molecule has 0 saturated heterocycles. The fraction of sp³-hybridized carbons (Fsp3) is 0.375. The molecule has 21 heavy (non-hydrogen) atoms. The van der Waals surface area contributed by atoms with Crippen molar-refractivity contribution >= 4 is 29.2 Å². The van der Waals surface area contributed by atoms with Crippen LogP contribution in [0.1, 0.15) is 13.3 Å². The highest BCUT2D eigenvalue weighted by Gasteiger charge is 2.29. The molecule has 0 saturated carbocycles. The zero-order valence-electron chi connectivity index (χ0n) is 10.7. The number of hydrogen-bond donors (Lipinski definition) is 3. The first-order valence-electron chi connectivity index (χ1n) is 5.64. The van der Waals surface area contributed by atoms with Gasteiger partial charge in [0, 0.05) is 0 Å². The SMILES string of the molecule is CCC(C(=O)O)N(N=Nc1nonc1N)c1nonc1N. The van der Waals surface area contributed by atoms with Gasteiger partial charge >= 0.3 is 5.97 Å². The van der Waals surface area contributed by atoms with E-state index in [1.165, 1.54) is 0 Å². The lowest BCUT2D eigenvalue weighted by molar-refractivity contribution is -0.138. The van der Waals surface area contributed by atoms with Crippen molar-refractivity contribution < 1.29 is 19.2 Å². The van der Waals surface area contributed by atoms with Crippen molar-refractivity contribution in [3.8, 4) is 0 Å². The minimum absolute atomic E-state index is 0.0944. The molecule has 0 aliphatic rings. The molecule has 0 aromatic carbocycles. The van der Waals surface area contributed by atoms with Crippen LogP contribution in [0, 0.1) is 0 Å². The lowest BCUT2D eigenvalue weighted by Gasteiger charge is -2.20. The van der Waals surface area contributed by atoms with Crippen molar-refractivity contribution in [2.75, 3.05) is 16.5 Å². The average molecular weight is 297 g/mol. The van der Waals surface area contributed by atoms with Gasteiger partial charge < -0.3 is 16.6 Å². The highest BCUT2D eigenvalue weighted by Crippen LogP contribution is 2.24. The molecule has 1 atom stereocenters. The Hall–Kier alpha value is -3.25. The minimum Gasteiger partial charge on any atom is -0.480 e. The molecule has 0 bridgehead atoms. The molecule has 112 valence electrons. The first-order chi connectivity index (χ1) is 10.0. The predicted octanol–water partition coefficient (Wildman–Crippen LogP) is -0.0145. The topological polar surface area (TPSA) is 195 Å². The van der Waals surface area contributed by atoms with Crippen LogP contribution in [-0.4, -0.2) is 37.7 Å². The van der Waals surface area contributed by atoms with Crippen LogP contribution in [0.4, 0.5) is 23.3 Å². The maximum absolute atomic E-state index is 11.3. The molecule has 0 spiro atoms. The molecule has 13 heteroatoms. The Balaban J connectivity index is 2.37. The summed E-state index contributed by atoms with van der Waals surface area (Å²) in [5, 5.41) is 31.1. The summed E-state index contributed by atoms with van der Waals surface area (Å²) in [6.07, 6.45) is 0.188. The molecular weight excluding hydrogens is 286 g/mol. The fourth-order valence-electron chi connectivity index (χ4n) is 1.41. The van der Waals surface area contributed by atoms with Gasteiger partial charge in [0.25, 0.3) is 5.82 Å². The molecule has 0 fully saturated rings.